The summed E-state index contributed by atoms with van der Waals surface area (Å²) < 4.78 is 26.1. The van der Waals surface area contributed by atoms with Gasteiger partial charge in [0.2, 0.25) is 10.0 Å². The van der Waals surface area contributed by atoms with Crippen molar-refractivity contribution in [2.24, 2.45) is 0 Å². The van der Waals surface area contributed by atoms with Crippen LogP contribution in [0, 0.1) is 0 Å². The molecule has 92 valence electrons. The lowest BCUT2D eigenvalue weighted by Crippen LogP contribution is -2.36. The van der Waals surface area contributed by atoms with Gasteiger partial charge in [0.25, 0.3) is 0 Å². The second kappa shape index (κ2) is 5.49. The highest BCUT2D eigenvalue weighted by Crippen LogP contribution is 2.27. The molecule has 0 radical (unpaired) electrons. The number of alkyl halides is 1. The van der Waals surface area contributed by atoms with Gasteiger partial charge in [-0.1, -0.05) is 6.92 Å². The topological polar surface area (TPSA) is 37.4 Å². The first-order chi connectivity index (χ1) is 7.45. The van der Waals surface area contributed by atoms with Gasteiger partial charge >= 0.3 is 0 Å². The van der Waals surface area contributed by atoms with Crippen LogP contribution >= 0.6 is 22.9 Å². The Kier molecular flexibility index (Phi) is 4.79. The molecule has 0 aromatic carbocycles. The summed E-state index contributed by atoms with van der Waals surface area (Å²) in [6, 6.07) is 1.58. The van der Waals surface area contributed by atoms with Crippen LogP contribution < -0.4 is 0 Å². The molecular weight excluding hydrogens is 266 g/mol. The molecule has 0 amide bonds. The molecule has 0 atom stereocenters. The van der Waals surface area contributed by atoms with Crippen molar-refractivity contribution in [3.05, 3.63) is 16.3 Å². The fourth-order valence-corrected chi connectivity index (χ4v) is 4.92. The highest BCUT2D eigenvalue weighted by molar-refractivity contribution is 7.89. The standard InChI is InChI=1S/C10H16ClNO2S2/c1-4-12(8(2)3)16(13,14)10-5-6-15-9(10)7-11/h5-6,8H,4,7H2,1-3H3. The summed E-state index contributed by atoms with van der Waals surface area (Å²) in [4.78, 5) is 1.06. The van der Waals surface area contributed by atoms with Gasteiger partial charge in [-0.25, -0.2) is 8.42 Å². The fraction of sp³-hybridized carbons (Fsp3) is 0.600. The van der Waals surface area contributed by atoms with E-state index in [1.807, 2.05) is 20.8 Å². The molecule has 1 aromatic heterocycles. The van der Waals surface area contributed by atoms with Gasteiger partial charge in [-0.15, -0.1) is 22.9 Å². The van der Waals surface area contributed by atoms with Crippen LogP contribution in [0.2, 0.25) is 0 Å². The average Bonchev–Trinajstić information content (AvgIpc) is 2.65. The van der Waals surface area contributed by atoms with E-state index in [4.69, 9.17) is 11.6 Å². The average molecular weight is 282 g/mol. The number of thiophene rings is 1. The molecule has 0 saturated carbocycles. The Morgan fingerprint density at radius 1 is 1.50 bits per heavy atom. The van der Waals surface area contributed by atoms with E-state index < -0.39 is 10.0 Å². The van der Waals surface area contributed by atoms with Crippen molar-refractivity contribution < 1.29 is 8.42 Å². The first-order valence-electron chi connectivity index (χ1n) is 5.09. The van der Waals surface area contributed by atoms with E-state index in [2.05, 4.69) is 0 Å². The molecule has 6 heteroatoms. The summed E-state index contributed by atoms with van der Waals surface area (Å²) in [7, 11) is -3.39. The van der Waals surface area contributed by atoms with E-state index in [-0.39, 0.29) is 11.9 Å². The Morgan fingerprint density at radius 2 is 2.12 bits per heavy atom. The third-order valence-electron chi connectivity index (χ3n) is 2.30. The van der Waals surface area contributed by atoms with E-state index in [9.17, 15) is 8.42 Å². The van der Waals surface area contributed by atoms with Gasteiger partial charge in [0, 0.05) is 17.5 Å². The van der Waals surface area contributed by atoms with E-state index in [0.29, 0.717) is 16.3 Å². The van der Waals surface area contributed by atoms with Crippen LogP contribution in [0.3, 0.4) is 0 Å². The first kappa shape index (κ1) is 14.0. The Bertz CT molecular complexity index is 439. The smallest absolute Gasteiger partial charge is 0.207 e. The lowest BCUT2D eigenvalue weighted by Gasteiger charge is -2.24. The minimum Gasteiger partial charge on any atom is -0.207 e. The lowest BCUT2D eigenvalue weighted by atomic mass is 10.4. The molecule has 0 aliphatic rings. The van der Waals surface area contributed by atoms with Crippen molar-refractivity contribution in [2.75, 3.05) is 6.54 Å². The normalized spacial score (nSPS) is 12.6. The van der Waals surface area contributed by atoms with Crippen molar-refractivity contribution in [1.29, 1.82) is 0 Å². The summed E-state index contributed by atoms with van der Waals surface area (Å²) >= 11 is 7.11. The van der Waals surface area contributed by atoms with Crippen LogP contribution in [0.15, 0.2) is 16.3 Å². The molecule has 3 nitrogen and oxygen atoms in total. The van der Waals surface area contributed by atoms with Crippen LogP contribution in [-0.2, 0) is 15.9 Å². The van der Waals surface area contributed by atoms with Crippen LogP contribution in [0.25, 0.3) is 0 Å². The van der Waals surface area contributed by atoms with Crippen LogP contribution in [0.5, 0.6) is 0 Å². The molecule has 0 fully saturated rings. The number of hydrogen-bond donors (Lipinski definition) is 0. The van der Waals surface area contributed by atoms with E-state index in [1.54, 1.807) is 11.4 Å². The Balaban J connectivity index is 3.20. The molecule has 0 aliphatic carbocycles. The Hall–Kier alpha value is -0.100. The van der Waals surface area contributed by atoms with Gasteiger partial charge in [0.1, 0.15) is 0 Å². The Morgan fingerprint density at radius 3 is 2.56 bits per heavy atom. The predicted octanol–water partition coefficient (Wildman–Crippen LogP) is 2.91. The van der Waals surface area contributed by atoms with Gasteiger partial charge in [-0.3, -0.25) is 0 Å². The van der Waals surface area contributed by atoms with Crippen LogP contribution in [0.4, 0.5) is 0 Å². The van der Waals surface area contributed by atoms with Crippen molar-refractivity contribution in [2.45, 2.75) is 37.6 Å². The minimum absolute atomic E-state index is 0.0434. The number of hydrogen-bond acceptors (Lipinski definition) is 3. The van der Waals surface area contributed by atoms with Gasteiger partial charge in [0.15, 0.2) is 0 Å². The molecule has 0 spiro atoms. The molecule has 0 unspecified atom stereocenters. The highest BCUT2D eigenvalue weighted by Gasteiger charge is 2.28. The van der Waals surface area contributed by atoms with Crippen molar-refractivity contribution in [3.8, 4) is 0 Å². The van der Waals surface area contributed by atoms with Gasteiger partial charge < -0.3 is 0 Å². The molecule has 16 heavy (non-hydrogen) atoms. The summed E-state index contributed by atoms with van der Waals surface area (Å²) in [6.45, 7) is 6.05. The molecule has 1 aromatic rings. The number of sulfonamides is 1. The van der Waals surface area contributed by atoms with Crippen LogP contribution in [-0.4, -0.2) is 25.3 Å². The van der Waals surface area contributed by atoms with Gasteiger partial charge in [0.05, 0.1) is 10.8 Å². The summed E-state index contributed by atoms with van der Waals surface area (Å²) in [6.07, 6.45) is 0. The predicted molar refractivity (Wildman–Crippen MR) is 68.6 cm³/mol. The zero-order valence-corrected chi connectivity index (χ0v) is 12.0. The number of halogens is 1. The summed E-state index contributed by atoms with van der Waals surface area (Å²) in [5.74, 6) is 0.238. The maximum Gasteiger partial charge on any atom is 0.244 e. The molecule has 1 heterocycles. The quantitative estimate of drug-likeness (QED) is 0.778. The van der Waals surface area contributed by atoms with E-state index in [1.165, 1.54) is 15.6 Å². The van der Waals surface area contributed by atoms with E-state index in [0.717, 1.165) is 0 Å². The second-order valence-corrected chi connectivity index (χ2v) is 6.77. The molecular formula is C10H16ClNO2S2. The van der Waals surface area contributed by atoms with Gasteiger partial charge in [-0.2, -0.15) is 4.31 Å². The zero-order valence-electron chi connectivity index (χ0n) is 9.60. The molecule has 0 aliphatic heterocycles. The number of rotatable bonds is 5. The fourth-order valence-electron chi connectivity index (χ4n) is 1.60. The monoisotopic (exact) mass is 281 g/mol. The largest absolute Gasteiger partial charge is 0.244 e. The van der Waals surface area contributed by atoms with Crippen molar-refractivity contribution in [3.63, 3.8) is 0 Å². The highest BCUT2D eigenvalue weighted by atomic mass is 35.5. The summed E-state index contributed by atoms with van der Waals surface area (Å²) in [5.41, 5.74) is 0. The third-order valence-corrected chi connectivity index (χ3v) is 6.01. The maximum atomic E-state index is 12.3. The third kappa shape index (κ3) is 2.59. The van der Waals surface area contributed by atoms with E-state index >= 15 is 0 Å². The second-order valence-electron chi connectivity index (χ2n) is 3.64. The van der Waals surface area contributed by atoms with Crippen molar-refractivity contribution in [1.82, 2.24) is 4.31 Å². The van der Waals surface area contributed by atoms with Crippen molar-refractivity contribution >= 4 is 33.0 Å². The molecule has 1 rings (SSSR count). The SMILES string of the molecule is CCN(C(C)C)S(=O)(=O)c1ccsc1CCl. The molecule has 0 saturated heterocycles. The number of nitrogens with zero attached hydrogens (tertiary/aromatic N) is 1. The molecule has 0 N–H and O–H groups in total. The zero-order chi connectivity index (χ0) is 12.3. The van der Waals surface area contributed by atoms with Crippen LogP contribution in [0.1, 0.15) is 25.6 Å². The lowest BCUT2D eigenvalue weighted by molar-refractivity contribution is 0.369. The maximum absolute atomic E-state index is 12.3. The summed E-state index contributed by atoms with van der Waals surface area (Å²) in [5, 5.41) is 1.76. The first-order valence-corrected chi connectivity index (χ1v) is 7.94. The Labute approximate surface area is 106 Å². The van der Waals surface area contributed by atoms with Gasteiger partial charge in [-0.05, 0) is 25.3 Å². The molecule has 0 bridgehead atoms. The minimum atomic E-state index is -3.39.